The predicted molar refractivity (Wildman–Crippen MR) is 64.7 cm³/mol. The van der Waals surface area contributed by atoms with E-state index in [-0.39, 0.29) is 11.8 Å². The van der Waals surface area contributed by atoms with Crippen LogP contribution in [0.15, 0.2) is 24.4 Å². The molecule has 0 unspecified atom stereocenters. The Hall–Kier alpha value is -1.48. The highest BCUT2D eigenvalue weighted by molar-refractivity contribution is 5.89. The van der Waals surface area contributed by atoms with E-state index in [9.17, 15) is 5.11 Å². The minimum Gasteiger partial charge on any atom is -0.507 e. The van der Waals surface area contributed by atoms with Gasteiger partial charge in [0.1, 0.15) is 5.75 Å². The molecule has 84 valence electrons. The van der Waals surface area contributed by atoms with Crippen LogP contribution >= 0.6 is 0 Å². The van der Waals surface area contributed by atoms with E-state index in [1.807, 2.05) is 6.07 Å². The summed E-state index contributed by atoms with van der Waals surface area (Å²) in [6.45, 7) is 0.860. The number of H-pyrrole nitrogens is 1. The third-order valence-corrected chi connectivity index (χ3v) is 3.07. The number of phenols is 1. The second-order valence-electron chi connectivity index (χ2n) is 4.20. The van der Waals surface area contributed by atoms with E-state index in [0.717, 1.165) is 24.9 Å². The number of benzene rings is 1. The van der Waals surface area contributed by atoms with Crippen molar-refractivity contribution in [1.29, 1.82) is 0 Å². The number of hydrogen-bond donors (Lipinski definition) is 3. The normalized spacial score (nSPS) is 23.4. The summed E-state index contributed by atoms with van der Waals surface area (Å²) in [4.78, 5) is 3.03. The number of hydrogen-bond acceptors (Lipinski definition) is 2. The van der Waals surface area contributed by atoms with E-state index in [1.54, 1.807) is 18.3 Å². The minimum absolute atomic E-state index is 0.130. The van der Waals surface area contributed by atoms with Crippen LogP contribution in [-0.2, 0) is 6.37 Å². The van der Waals surface area contributed by atoms with Crippen molar-refractivity contribution in [3.63, 3.8) is 0 Å². The average Bonchev–Trinajstić information content (AvgIpc) is 2.99. The van der Waals surface area contributed by atoms with Gasteiger partial charge < -0.3 is 15.4 Å². The summed E-state index contributed by atoms with van der Waals surface area (Å²) in [5.74, 6) is 0.130. The molecule has 0 amide bonds. The van der Waals surface area contributed by atoms with Crippen molar-refractivity contribution in [3.8, 4) is 5.75 Å². The van der Waals surface area contributed by atoms with Crippen LogP contribution in [0.5, 0.6) is 5.75 Å². The van der Waals surface area contributed by atoms with Crippen LogP contribution in [0.1, 0.15) is 21.1 Å². The summed E-state index contributed by atoms with van der Waals surface area (Å²) < 4.78 is 16.7. The van der Waals surface area contributed by atoms with Gasteiger partial charge in [0, 0.05) is 25.9 Å². The summed E-state index contributed by atoms with van der Waals surface area (Å²) >= 11 is 0. The molecule has 1 aromatic heterocycles. The van der Waals surface area contributed by atoms with Gasteiger partial charge in [0.15, 0.2) is 0 Å². The average molecular weight is 218 g/mol. The van der Waals surface area contributed by atoms with Crippen LogP contribution in [0.2, 0.25) is 0 Å². The third kappa shape index (κ3) is 1.57. The molecule has 3 N–H and O–H groups in total. The molecule has 0 spiro atoms. The van der Waals surface area contributed by atoms with E-state index in [2.05, 4.69) is 10.3 Å². The van der Waals surface area contributed by atoms with Crippen molar-refractivity contribution in [2.45, 2.75) is 25.3 Å². The molecule has 3 heteroatoms. The van der Waals surface area contributed by atoms with E-state index < -0.39 is 6.37 Å². The molecule has 1 atom stereocenters. The highest BCUT2D eigenvalue weighted by Crippen LogP contribution is 2.29. The molecule has 2 aromatic rings. The monoisotopic (exact) mass is 218 g/mol. The lowest BCUT2D eigenvalue weighted by molar-refractivity contribution is 0.481. The van der Waals surface area contributed by atoms with Gasteiger partial charge in [-0.05, 0) is 43.5 Å². The van der Waals surface area contributed by atoms with Gasteiger partial charge in [0.2, 0.25) is 0 Å². The molecule has 0 aliphatic carbocycles. The molecule has 0 saturated carbocycles. The fraction of sp³-hybridized carbons (Fsp3) is 0.385. The van der Waals surface area contributed by atoms with Gasteiger partial charge in [-0.15, -0.1) is 0 Å². The molecular formula is C13H16N2O. The maximum absolute atomic E-state index is 9.94. The summed E-state index contributed by atoms with van der Waals surface area (Å²) in [6.07, 6.45) is 2.02. The lowest BCUT2D eigenvalue weighted by Gasteiger charge is -2.09. The predicted octanol–water partition coefficient (Wildman–Crippen LogP) is 2.17. The second-order valence-corrected chi connectivity index (χ2v) is 4.20. The van der Waals surface area contributed by atoms with Gasteiger partial charge >= 0.3 is 0 Å². The quantitative estimate of drug-likeness (QED) is 0.723. The van der Waals surface area contributed by atoms with Crippen molar-refractivity contribution < 1.29 is 7.85 Å². The standard InChI is InChI=1S/C13H16N2O/c16-12-5-1-4-11-13(12)9(8-15-11)7-10-3-2-6-14-10/h1,4-5,8,10,14-16H,2-3,6-7H2/t10-/m1/s1/i7D2. The Bertz CT molecular complexity index is 573. The lowest BCUT2D eigenvalue weighted by Crippen LogP contribution is -2.23. The maximum atomic E-state index is 9.94. The first kappa shape index (κ1) is 7.74. The summed E-state index contributed by atoms with van der Waals surface area (Å²) in [6, 6.07) is 5.01. The first-order chi connectivity index (χ1) is 8.60. The van der Waals surface area contributed by atoms with Crippen molar-refractivity contribution in [1.82, 2.24) is 10.3 Å². The Labute approximate surface area is 97.3 Å². The summed E-state index contributed by atoms with van der Waals surface area (Å²) in [7, 11) is 0. The van der Waals surface area contributed by atoms with Crippen LogP contribution < -0.4 is 5.32 Å². The zero-order valence-electron chi connectivity index (χ0n) is 11.0. The number of aromatic nitrogens is 1. The van der Waals surface area contributed by atoms with Gasteiger partial charge in [-0.1, -0.05) is 6.07 Å². The molecule has 16 heavy (non-hydrogen) atoms. The number of aromatic hydroxyl groups is 1. The van der Waals surface area contributed by atoms with Crippen molar-refractivity contribution in [2.24, 2.45) is 0 Å². The Morgan fingerprint density at radius 1 is 1.50 bits per heavy atom. The van der Waals surface area contributed by atoms with Crippen molar-refractivity contribution in [3.05, 3.63) is 30.0 Å². The number of rotatable bonds is 2. The van der Waals surface area contributed by atoms with Crippen molar-refractivity contribution in [2.75, 3.05) is 6.54 Å². The lowest BCUT2D eigenvalue weighted by atomic mass is 10.0. The molecule has 3 rings (SSSR count). The smallest absolute Gasteiger partial charge is 0.125 e. The molecular weight excluding hydrogens is 200 g/mol. The highest BCUT2D eigenvalue weighted by Gasteiger charge is 2.17. The first-order valence-electron chi connectivity index (χ1n) is 6.63. The molecule has 0 radical (unpaired) electrons. The van der Waals surface area contributed by atoms with Gasteiger partial charge in [0.25, 0.3) is 0 Å². The van der Waals surface area contributed by atoms with Crippen molar-refractivity contribution >= 4 is 10.9 Å². The van der Waals surface area contributed by atoms with Crippen LogP contribution in [0.25, 0.3) is 10.9 Å². The number of nitrogens with one attached hydrogen (secondary N) is 2. The Morgan fingerprint density at radius 3 is 3.25 bits per heavy atom. The minimum atomic E-state index is -1.48. The maximum Gasteiger partial charge on any atom is 0.125 e. The zero-order chi connectivity index (χ0) is 12.8. The SMILES string of the molecule is [2H]C([2H])(c1c[nH]c2cccc(O)c12)[C@H]1CCCN1. The molecule has 1 aliphatic rings. The van der Waals surface area contributed by atoms with E-state index >= 15 is 0 Å². The molecule has 2 heterocycles. The Morgan fingerprint density at radius 2 is 2.44 bits per heavy atom. The number of fused-ring (bicyclic) bond motifs is 1. The van der Waals surface area contributed by atoms with E-state index in [4.69, 9.17) is 2.74 Å². The van der Waals surface area contributed by atoms with Crippen LogP contribution in [-0.4, -0.2) is 22.7 Å². The Kier molecular flexibility index (Phi) is 1.85. The third-order valence-electron chi connectivity index (χ3n) is 3.07. The molecule has 1 aromatic carbocycles. The summed E-state index contributed by atoms with van der Waals surface area (Å²) in [5, 5.41) is 13.7. The topological polar surface area (TPSA) is 48.0 Å². The van der Waals surface area contributed by atoms with Gasteiger partial charge in [-0.3, -0.25) is 0 Å². The largest absolute Gasteiger partial charge is 0.507 e. The highest BCUT2D eigenvalue weighted by atomic mass is 16.3. The van der Waals surface area contributed by atoms with Crippen LogP contribution in [0.3, 0.4) is 0 Å². The zero-order valence-corrected chi connectivity index (χ0v) is 8.96. The molecule has 1 aliphatic heterocycles. The molecule has 3 nitrogen and oxygen atoms in total. The second kappa shape index (κ2) is 3.83. The molecule has 1 saturated heterocycles. The number of phenolic OH excluding ortho intramolecular Hbond substituents is 1. The number of aromatic amines is 1. The van der Waals surface area contributed by atoms with Crippen LogP contribution in [0, 0.1) is 0 Å². The van der Waals surface area contributed by atoms with Gasteiger partial charge in [-0.25, -0.2) is 0 Å². The van der Waals surface area contributed by atoms with E-state index in [0.29, 0.717) is 10.9 Å². The molecule has 1 fully saturated rings. The first-order valence-corrected chi connectivity index (χ1v) is 5.63. The van der Waals surface area contributed by atoms with Gasteiger partial charge in [-0.2, -0.15) is 0 Å². The fourth-order valence-electron chi connectivity index (χ4n) is 2.27. The van der Waals surface area contributed by atoms with Crippen LogP contribution in [0.4, 0.5) is 0 Å². The molecule has 0 bridgehead atoms. The summed E-state index contributed by atoms with van der Waals surface area (Å²) in [5.41, 5.74) is 1.31. The Balaban J connectivity index is 2.13. The van der Waals surface area contributed by atoms with E-state index in [1.165, 1.54) is 0 Å². The van der Waals surface area contributed by atoms with Gasteiger partial charge in [0.05, 0.1) is 0 Å². The fourth-order valence-corrected chi connectivity index (χ4v) is 2.27.